The van der Waals surface area contributed by atoms with Crippen LogP contribution in [-0.2, 0) is 15.6 Å². The monoisotopic (exact) mass is 442 g/mol. The lowest BCUT2D eigenvalue weighted by Gasteiger charge is -2.25. The summed E-state index contributed by atoms with van der Waals surface area (Å²) in [5.41, 5.74) is 3.69. The van der Waals surface area contributed by atoms with Crippen molar-refractivity contribution in [2.45, 2.75) is 16.9 Å². The van der Waals surface area contributed by atoms with Crippen LogP contribution in [-0.4, -0.2) is 57.0 Å². The van der Waals surface area contributed by atoms with Gasteiger partial charge in [-0.25, -0.2) is 13.4 Å². The first-order chi connectivity index (χ1) is 14.4. The smallest absolute Gasteiger partial charge is 0.191 e. The first-order valence-electron chi connectivity index (χ1n) is 9.94. The van der Waals surface area contributed by atoms with Crippen LogP contribution in [0.1, 0.15) is 12.5 Å². The van der Waals surface area contributed by atoms with Gasteiger partial charge in [0.2, 0.25) is 0 Å². The third kappa shape index (κ3) is 4.08. The Hall–Kier alpha value is -2.42. The van der Waals surface area contributed by atoms with Crippen LogP contribution in [0.25, 0.3) is 21.9 Å². The van der Waals surface area contributed by atoms with Gasteiger partial charge < -0.3 is 14.8 Å². The number of hydrogen-bond donors (Lipinski definition) is 1. The second-order valence-corrected chi connectivity index (χ2v) is 10.8. The molecule has 30 heavy (non-hydrogen) atoms. The van der Waals surface area contributed by atoms with Gasteiger partial charge in [0, 0.05) is 47.8 Å². The number of aromatic nitrogens is 2. The first-order valence-corrected chi connectivity index (χ1v) is 12.5. The van der Waals surface area contributed by atoms with E-state index in [0.29, 0.717) is 4.21 Å². The number of rotatable bonds is 8. The van der Waals surface area contributed by atoms with Crippen molar-refractivity contribution < 1.29 is 8.42 Å². The van der Waals surface area contributed by atoms with E-state index >= 15 is 0 Å². The maximum absolute atomic E-state index is 12.7. The molecule has 0 spiro atoms. The average Bonchev–Trinajstić information content (AvgIpc) is 3.36. The normalized spacial score (nSPS) is 12.3. The van der Waals surface area contributed by atoms with Crippen molar-refractivity contribution in [1.82, 2.24) is 14.9 Å². The van der Waals surface area contributed by atoms with E-state index in [0.717, 1.165) is 52.8 Å². The Bertz CT molecular complexity index is 1260. The number of anilines is 1. The van der Waals surface area contributed by atoms with E-state index in [1.807, 2.05) is 30.5 Å². The number of fused-ring (bicyclic) bond motifs is 3. The molecule has 4 aromatic rings. The van der Waals surface area contributed by atoms with Gasteiger partial charge in [0.25, 0.3) is 0 Å². The average molecular weight is 443 g/mol. The lowest BCUT2D eigenvalue weighted by atomic mass is 10.1. The largest absolute Gasteiger partial charge is 0.370 e. The number of nitrogens with zero attached hydrogens (tertiary/aromatic N) is 3. The third-order valence-corrected chi connectivity index (χ3v) is 8.41. The molecule has 8 heteroatoms. The van der Waals surface area contributed by atoms with Crippen LogP contribution in [0.5, 0.6) is 0 Å². The van der Waals surface area contributed by atoms with Crippen molar-refractivity contribution >= 4 is 48.8 Å². The number of nitrogens with one attached hydrogen (secondary N) is 1. The molecular formula is C22H26N4O2S2. The van der Waals surface area contributed by atoms with Gasteiger partial charge in [0.15, 0.2) is 9.84 Å². The van der Waals surface area contributed by atoms with Crippen LogP contribution in [0.15, 0.2) is 52.2 Å². The Morgan fingerprint density at radius 3 is 2.67 bits per heavy atom. The van der Waals surface area contributed by atoms with Crippen LogP contribution < -0.4 is 4.90 Å². The molecule has 0 saturated heterocycles. The fourth-order valence-corrected chi connectivity index (χ4v) is 6.13. The zero-order valence-corrected chi connectivity index (χ0v) is 19.1. The lowest BCUT2D eigenvalue weighted by Crippen LogP contribution is -2.31. The molecule has 1 aromatic carbocycles. The molecule has 0 fully saturated rings. The molecule has 3 heterocycles. The summed E-state index contributed by atoms with van der Waals surface area (Å²) in [6.45, 7) is 4.88. The van der Waals surface area contributed by atoms with Gasteiger partial charge in [-0.15, -0.1) is 11.3 Å². The Kier molecular flexibility index (Phi) is 5.81. The fraction of sp³-hybridized carbons (Fsp3) is 0.318. The van der Waals surface area contributed by atoms with Crippen LogP contribution in [0.3, 0.4) is 0 Å². The molecule has 0 amide bonds. The zero-order valence-electron chi connectivity index (χ0n) is 17.4. The van der Waals surface area contributed by atoms with E-state index in [2.05, 4.69) is 40.8 Å². The van der Waals surface area contributed by atoms with E-state index in [1.54, 1.807) is 17.5 Å². The molecule has 0 aliphatic rings. The van der Waals surface area contributed by atoms with Crippen LogP contribution in [0.4, 0.5) is 5.69 Å². The van der Waals surface area contributed by atoms with Crippen LogP contribution in [0.2, 0.25) is 0 Å². The number of likely N-dealkylation sites (N-methyl/N-ethyl adjacent to an activating group) is 2. The topological polar surface area (TPSA) is 69.3 Å². The predicted octanol–water partition coefficient (Wildman–Crippen LogP) is 4.14. The minimum Gasteiger partial charge on any atom is -0.370 e. The molecule has 1 N–H and O–H groups in total. The molecule has 158 valence electrons. The summed E-state index contributed by atoms with van der Waals surface area (Å²) in [4.78, 5) is 12.4. The van der Waals surface area contributed by atoms with E-state index in [9.17, 15) is 8.42 Å². The van der Waals surface area contributed by atoms with Crippen molar-refractivity contribution in [1.29, 1.82) is 0 Å². The van der Waals surface area contributed by atoms with Gasteiger partial charge in [0.1, 0.15) is 9.86 Å². The van der Waals surface area contributed by atoms with Gasteiger partial charge >= 0.3 is 0 Å². The van der Waals surface area contributed by atoms with Gasteiger partial charge in [-0.3, -0.25) is 0 Å². The second-order valence-electron chi connectivity index (χ2n) is 7.63. The Morgan fingerprint density at radius 1 is 1.13 bits per heavy atom. The molecule has 0 aliphatic heterocycles. The highest BCUT2D eigenvalue weighted by Crippen LogP contribution is 2.34. The molecule has 0 aliphatic carbocycles. The van der Waals surface area contributed by atoms with Gasteiger partial charge in [-0.05, 0) is 56.2 Å². The first kappa shape index (κ1) is 20.8. The predicted molar refractivity (Wildman–Crippen MR) is 125 cm³/mol. The SMILES string of the molecule is CCN(CCN(C)C)c1ccnc2[nH]c3ccc(CS(=O)(=O)c4cccs4)cc3c12. The van der Waals surface area contributed by atoms with Crippen molar-refractivity contribution in [3.05, 3.63) is 53.5 Å². The van der Waals surface area contributed by atoms with Crippen LogP contribution >= 0.6 is 11.3 Å². The molecule has 0 unspecified atom stereocenters. The summed E-state index contributed by atoms with van der Waals surface area (Å²) >= 11 is 1.26. The summed E-state index contributed by atoms with van der Waals surface area (Å²) in [5.74, 6) is -0.0101. The molecule has 6 nitrogen and oxygen atoms in total. The van der Waals surface area contributed by atoms with Gasteiger partial charge in [-0.2, -0.15) is 0 Å². The van der Waals surface area contributed by atoms with E-state index in [4.69, 9.17) is 0 Å². The number of hydrogen-bond acceptors (Lipinski definition) is 6. The summed E-state index contributed by atoms with van der Waals surface area (Å²) in [7, 11) is 0.795. The Morgan fingerprint density at radius 2 is 1.97 bits per heavy atom. The minimum atomic E-state index is -3.35. The highest BCUT2D eigenvalue weighted by Gasteiger charge is 2.19. The van der Waals surface area contributed by atoms with Crippen molar-refractivity contribution in [2.75, 3.05) is 38.6 Å². The molecule has 0 atom stereocenters. The molecule has 0 radical (unpaired) electrons. The molecule has 3 aromatic heterocycles. The molecule has 4 rings (SSSR count). The van der Waals surface area contributed by atoms with Gasteiger partial charge in [-0.1, -0.05) is 12.1 Å². The summed E-state index contributed by atoms with van der Waals surface area (Å²) in [6.07, 6.45) is 1.83. The number of benzene rings is 1. The number of H-pyrrole nitrogens is 1. The number of pyridine rings is 1. The van der Waals surface area contributed by atoms with Crippen molar-refractivity contribution in [2.24, 2.45) is 0 Å². The molecule has 0 bridgehead atoms. The highest BCUT2D eigenvalue weighted by molar-refractivity contribution is 7.92. The lowest BCUT2D eigenvalue weighted by molar-refractivity contribution is 0.414. The van der Waals surface area contributed by atoms with Crippen LogP contribution in [0, 0.1) is 0 Å². The Labute approximate surface area is 181 Å². The maximum atomic E-state index is 12.7. The summed E-state index contributed by atoms with van der Waals surface area (Å²) < 4.78 is 25.9. The van der Waals surface area contributed by atoms with Crippen molar-refractivity contribution in [3.8, 4) is 0 Å². The fourth-order valence-electron chi connectivity index (χ4n) is 3.70. The van der Waals surface area contributed by atoms with Gasteiger partial charge in [0.05, 0.1) is 5.75 Å². The number of sulfone groups is 1. The van der Waals surface area contributed by atoms with E-state index < -0.39 is 9.84 Å². The summed E-state index contributed by atoms with van der Waals surface area (Å²) in [5, 5.41) is 3.85. The summed E-state index contributed by atoms with van der Waals surface area (Å²) in [6, 6.07) is 11.3. The Balaban J connectivity index is 1.78. The van der Waals surface area contributed by atoms with Crippen molar-refractivity contribution in [3.63, 3.8) is 0 Å². The molecule has 0 saturated carbocycles. The maximum Gasteiger partial charge on any atom is 0.191 e. The number of thiophene rings is 1. The molecular weight excluding hydrogens is 416 g/mol. The standard InChI is InChI=1S/C22H26N4O2S2/c1-4-26(12-11-25(2)3)19-9-10-23-22-21(19)17-14-16(7-8-18(17)24-22)15-30(27,28)20-6-5-13-29-20/h5-10,13-14H,4,11-12,15H2,1-3H3,(H,23,24). The highest BCUT2D eigenvalue weighted by atomic mass is 32.2. The second kappa shape index (κ2) is 8.37. The van der Waals surface area contributed by atoms with E-state index in [-0.39, 0.29) is 5.75 Å². The zero-order chi connectivity index (χ0) is 21.3. The number of aromatic amines is 1. The third-order valence-electron chi connectivity index (χ3n) is 5.23. The minimum absolute atomic E-state index is 0.0101. The quantitative estimate of drug-likeness (QED) is 0.444. The van der Waals surface area contributed by atoms with E-state index in [1.165, 1.54) is 11.3 Å².